The van der Waals surface area contributed by atoms with Crippen LogP contribution in [-0.4, -0.2) is 27.3 Å². The molecular weight excluding hydrogens is 441 g/mol. The summed E-state index contributed by atoms with van der Waals surface area (Å²) >= 11 is 1.38. The van der Waals surface area contributed by atoms with Gasteiger partial charge in [0.25, 0.3) is 11.5 Å². The minimum absolute atomic E-state index is 0.0795. The molecule has 2 N–H and O–H groups in total. The summed E-state index contributed by atoms with van der Waals surface area (Å²) in [6.45, 7) is 6.91. The summed E-state index contributed by atoms with van der Waals surface area (Å²) in [6, 6.07) is 9.27. The minimum Gasteiger partial charge on any atom is -0.378 e. The van der Waals surface area contributed by atoms with Crippen molar-refractivity contribution in [2.24, 2.45) is 7.05 Å². The Balaban J connectivity index is 2.08. The van der Waals surface area contributed by atoms with E-state index in [4.69, 9.17) is 4.98 Å². The molecule has 0 aliphatic carbocycles. The molecule has 0 unspecified atom stereocenters. The lowest BCUT2D eigenvalue weighted by Crippen LogP contribution is -2.42. The number of aromatic nitrogens is 2. The summed E-state index contributed by atoms with van der Waals surface area (Å²) in [7, 11) is 1.69. The topological polar surface area (TPSA) is 99.8 Å². The number of amides is 1. The van der Waals surface area contributed by atoms with E-state index in [1.165, 1.54) is 28.5 Å². The largest absolute Gasteiger partial charge is 0.378 e. The fourth-order valence-electron chi connectivity index (χ4n) is 3.57. The van der Waals surface area contributed by atoms with Crippen LogP contribution >= 0.6 is 11.8 Å². The normalized spacial score (nSPS) is 12.3. The Hall–Kier alpha value is -3.38. The van der Waals surface area contributed by atoms with Crippen molar-refractivity contribution in [1.29, 1.82) is 5.26 Å². The zero-order valence-electron chi connectivity index (χ0n) is 19.4. The number of fused-ring (bicyclic) bond motifs is 1. The second kappa shape index (κ2) is 9.24. The summed E-state index contributed by atoms with van der Waals surface area (Å²) in [6.07, 6.45) is 1.86. The average molecular weight is 468 g/mol. The smallest absolute Gasteiger partial charge is 0.261 e. The second-order valence-corrected chi connectivity index (χ2v) is 9.23. The van der Waals surface area contributed by atoms with Crippen LogP contribution in [0.15, 0.2) is 40.3 Å². The zero-order chi connectivity index (χ0) is 24.5. The van der Waals surface area contributed by atoms with Gasteiger partial charge in [-0.3, -0.25) is 14.2 Å². The number of nitriles is 1. The molecule has 9 heteroatoms. The van der Waals surface area contributed by atoms with Gasteiger partial charge in [0.2, 0.25) is 0 Å². The summed E-state index contributed by atoms with van der Waals surface area (Å²) in [5.74, 6) is -1.13. The molecule has 0 saturated carbocycles. The van der Waals surface area contributed by atoms with Crippen LogP contribution in [0.4, 0.5) is 10.1 Å². The quantitative estimate of drug-likeness (QED) is 0.414. The molecule has 1 aromatic heterocycles. The number of rotatable bonds is 6. The summed E-state index contributed by atoms with van der Waals surface area (Å²) in [5.41, 5.74) is 1.49. The van der Waals surface area contributed by atoms with Gasteiger partial charge in [-0.25, -0.2) is 9.37 Å². The first kappa shape index (κ1) is 24.3. The van der Waals surface area contributed by atoms with Gasteiger partial charge in [-0.1, -0.05) is 17.8 Å². The van der Waals surface area contributed by atoms with E-state index in [0.717, 1.165) is 17.2 Å². The summed E-state index contributed by atoms with van der Waals surface area (Å²) in [5, 5.41) is 16.2. The van der Waals surface area contributed by atoms with Gasteiger partial charge in [0.05, 0.1) is 28.6 Å². The molecule has 172 valence electrons. The molecule has 0 aliphatic heterocycles. The number of benzene rings is 2. The molecule has 0 radical (unpaired) electrons. The van der Waals surface area contributed by atoms with E-state index in [0.29, 0.717) is 21.7 Å². The molecule has 33 heavy (non-hydrogen) atoms. The first-order chi connectivity index (χ1) is 15.5. The van der Waals surface area contributed by atoms with Crippen LogP contribution in [0, 0.1) is 24.1 Å². The molecule has 1 amide bonds. The van der Waals surface area contributed by atoms with Crippen molar-refractivity contribution >= 4 is 34.3 Å². The van der Waals surface area contributed by atoms with E-state index >= 15 is 0 Å². The molecule has 7 nitrogen and oxygen atoms in total. The second-order valence-electron chi connectivity index (χ2n) is 8.46. The van der Waals surface area contributed by atoms with Crippen molar-refractivity contribution in [3.05, 3.63) is 63.2 Å². The lowest BCUT2D eigenvalue weighted by molar-refractivity contribution is 0.0929. The maximum absolute atomic E-state index is 14.0. The van der Waals surface area contributed by atoms with Crippen LogP contribution in [0.1, 0.15) is 48.3 Å². The van der Waals surface area contributed by atoms with Crippen LogP contribution in [0.5, 0.6) is 0 Å². The van der Waals surface area contributed by atoms with Crippen molar-refractivity contribution < 1.29 is 9.18 Å². The van der Waals surface area contributed by atoms with Crippen molar-refractivity contribution in [3.63, 3.8) is 0 Å². The highest BCUT2D eigenvalue weighted by molar-refractivity contribution is 7.98. The number of anilines is 1. The lowest BCUT2D eigenvalue weighted by atomic mass is 10.0. The van der Waals surface area contributed by atoms with E-state index in [1.807, 2.05) is 38.3 Å². The predicted molar refractivity (Wildman–Crippen MR) is 129 cm³/mol. The number of hydrogen-bond acceptors (Lipinski definition) is 6. The molecular formula is C24H26FN5O2S. The average Bonchev–Trinajstić information content (AvgIpc) is 2.76. The molecule has 0 fully saturated rings. The first-order valence-corrected chi connectivity index (χ1v) is 11.5. The Kier molecular flexibility index (Phi) is 6.79. The fraction of sp³-hybridized carbons (Fsp3) is 0.333. The Morgan fingerprint density at radius 2 is 2.00 bits per heavy atom. The molecule has 3 rings (SSSR count). The number of nitrogens with zero attached hydrogens (tertiary/aromatic N) is 3. The van der Waals surface area contributed by atoms with E-state index < -0.39 is 17.3 Å². The van der Waals surface area contributed by atoms with Crippen molar-refractivity contribution in [2.75, 3.05) is 11.6 Å². The zero-order valence-corrected chi connectivity index (χ0v) is 20.2. The SMILES string of the molecule is CSc1nc2c([C@@H](C)Nc3ccc(F)cc3C(=O)NC(C)(C)C#N)cc(C)cc2c(=O)n1C. The predicted octanol–water partition coefficient (Wildman–Crippen LogP) is 4.31. The maximum Gasteiger partial charge on any atom is 0.261 e. The number of carbonyl (C=O) groups excluding carboxylic acids is 1. The Morgan fingerprint density at radius 3 is 2.64 bits per heavy atom. The van der Waals surface area contributed by atoms with E-state index in [-0.39, 0.29) is 17.2 Å². The van der Waals surface area contributed by atoms with Gasteiger partial charge < -0.3 is 10.6 Å². The summed E-state index contributed by atoms with van der Waals surface area (Å²) in [4.78, 5) is 30.4. The molecule has 3 aromatic rings. The van der Waals surface area contributed by atoms with Crippen LogP contribution in [0.2, 0.25) is 0 Å². The van der Waals surface area contributed by atoms with Crippen LogP contribution in [0.25, 0.3) is 10.9 Å². The van der Waals surface area contributed by atoms with Gasteiger partial charge in [0.15, 0.2) is 5.16 Å². The van der Waals surface area contributed by atoms with Crippen LogP contribution < -0.4 is 16.2 Å². The van der Waals surface area contributed by atoms with Gasteiger partial charge in [0, 0.05) is 18.3 Å². The van der Waals surface area contributed by atoms with Gasteiger partial charge in [-0.05, 0) is 63.8 Å². The molecule has 0 saturated heterocycles. The minimum atomic E-state index is -1.11. The van der Waals surface area contributed by atoms with Gasteiger partial charge in [-0.2, -0.15) is 5.26 Å². The number of hydrogen-bond donors (Lipinski definition) is 2. The van der Waals surface area contributed by atoms with Gasteiger partial charge in [0.1, 0.15) is 11.4 Å². The molecule has 2 aromatic carbocycles. The van der Waals surface area contributed by atoms with E-state index in [1.54, 1.807) is 20.9 Å². The monoisotopic (exact) mass is 467 g/mol. The van der Waals surface area contributed by atoms with E-state index in [2.05, 4.69) is 10.6 Å². The summed E-state index contributed by atoms with van der Waals surface area (Å²) < 4.78 is 15.5. The molecule has 1 atom stereocenters. The van der Waals surface area contributed by atoms with Crippen LogP contribution in [-0.2, 0) is 7.05 Å². The Morgan fingerprint density at radius 1 is 1.30 bits per heavy atom. The van der Waals surface area contributed by atoms with Gasteiger partial charge in [-0.15, -0.1) is 0 Å². The number of aryl methyl sites for hydroxylation is 1. The Bertz CT molecular complexity index is 1340. The fourth-order valence-corrected chi connectivity index (χ4v) is 4.11. The maximum atomic E-state index is 14.0. The highest BCUT2D eigenvalue weighted by Crippen LogP contribution is 2.29. The third-order valence-electron chi connectivity index (χ3n) is 5.27. The first-order valence-electron chi connectivity index (χ1n) is 10.3. The Labute approximate surface area is 196 Å². The standard InChI is InChI=1S/C24H26FN5O2S/c1-13-9-16(20-18(10-13)22(32)30(5)23(28-20)33-6)14(2)27-19-8-7-15(25)11-17(19)21(31)29-24(3,4)12-26/h7-11,14,27H,1-6H3,(H,29,31)/t14-/m1/s1. The van der Waals surface area contributed by atoms with Crippen molar-refractivity contribution in [2.45, 2.75) is 44.4 Å². The third-order valence-corrected chi connectivity index (χ3v) is 6.00. The molecule has 0 aliphatic rings. The highest BCUT2D eigenvalue weighted by Gasteiger charge is 2.24. The number of halogens is 1. The lowest BCUT2D eigenvalue weighted by Gasteiger charge is -2.22. The van der Waals surface area contributed by atoms with Gasteiger partial charge >= 0.3 is 0 Å². The third kappa shape index (κ3) is 5.01. The highest BCUT2D eigenvalue weighted by atomic mass is 32.2. The molecule has 0 spiro atoms. The number of carbonyl (C=O) groups is 1. The molecule has 0 bridgehead atoms. The number of nitrogens with one attached hydrogen (secondary N) is 2. The van der Waals surface area contributed by atoms with E-state index in [9.17, 15) is 19.2 Å². The van der Waals surface area contributed by atoms with Crippen LogP contribution in [0.3, 0.4) is 0 Å². The van der Waals surface area contributed by atoms with Crippen molar-refractivity contribution in [1.82, 2.24) is 14.9 Å². The number of thioether (sulfide) groups is 1. The van der Waals surface area contributed by atoms with Crippen molar-refractivity contribution in [3.8, 4) is 6.07 Å². The molecule has 1 heterocycles.